The van der Waals surface area contributed by atoms with Gasteiger partial charge in [-0.3, -0.25) is 0 Å². The lowest BCUT2D eigenvalue weighted by atomic mass is 9.80. The van der Waals surface area contributed by atoms with Gasteiger partial charge in [0.05, 0.1) is 0 Å². The number of aliphatic hydroxyl groups is 1. The number of benzene rings is 2. The van der Waals surface area contributed by atoms with Crippen LogP contribution in [0.5, 0.6) is 17.2 Å². The third-order valence-corrected chi connectivity index (χ3v) is 5.84. The smallest absolute Gasteiger partial charge is 0.157 e. The molecular formula is C20H21NO4. The maximum absolute atomic E-state index is 11.1. The fraction of sp³-hybridized carbons (Fsp3) is 0.400. The number of phenols is 2. The summed E-state index contributed by atoms with van der Waals surface area (Å²) in [6.07, 6.45) is 2.85. The summed E-state index contributed by atoms with van der Waals surface area (Å²) in [4.78, 5) is 2.36. The van der Waals surface area contributed by atoms with Crippen molar-refractivity contribution in [2.75, 3.05) is 24.6 Å². The predicted molar refractivity (Wildman–Crippen MR) is 93.7 cm³/mol. The Balaban J connectivity index is 1.61. The summed E-state index contributed by atoms with van der Waals surface area (Å²) < 4.78 is 5.93. The van der Waals surface area contributed by atoms with E-state index in [0.29, 0.717) is 6.42 Å². The van der Waals surface area contributed by atoms with Gasteiger partial charge >= 0.3 is 0 Å². The van der Waals surface area contributed by atoms with Crippen molar-refractivity contribution >= 4 is 5.69 Å². The van der Waals surface area contributed by atoms with Crippen LogP contribution in [0.1, 0.15) is 35.4 Å². The van der Waals surface area contributed by atoms with E-state index < -0.39 is 5.60 Å². The molecule has 2 aromatic carbocycles. The summed E-state index contributed by atoms with van der Waals surface area (Å²) in [5, 5.41) is 30.9. The van der Waals surface area contributed by atoms with Crippen LogP contribution in [-0.2, 0) is 6.42 Å². The van der Waals surface area contributed by atoms with Crippen molar-refractivity contribution in [3.63, 3.8) is 0 Å². The van der Waals surface area contributed by atoms with Gasteiger partial charge in [0, 0.05) is 42.7 Å². The van der Waals surface area contributed by atoms with Crippen molar-refractivity contribution in [1.29, 1.82) is 0 Å². The number of rotatable bonds is 1. The number of hydrogen-bond acceptors (Lipinski definition) is 5. The van der Waals surface area contributed by atoms with E-state index in [1.807, 2.05) is 6.07 Å². The molecule has 2 aliphatic heterocycles. The molecule has 1 saturated heterocycles. The van der Waals surface area contributed by atoms with E-state index in [-0.39, 0.29) is 24.0 Å². The van der Waals surface area contributed by atoms with Crippen molar-refractivity contribution < 1.29 is 20.1 Å². The molecule has 1 fully saturated rings. The van der Waals surface area contributed by atoms with Crippen LogP contribution >= 0.6 is 0 Å². The van der Waals surface area contributed by atoms with E-state index in [9.17, 15) is 15.3 Å². The summed E-state index contributed by atoms with van der Waals surface area (Å²) in [7, 11) is 0. The minimum absolute atomic E-state index is 0.147. The Morgan fingerprint density at radius 1 is 1.00 bits per heavy atom. The van der Waals surface area contributed by atoms with Crippen LogP contribution in [0.2, 0.25) is 0 Å². The molecule has 5 heteroatoms. The summed E-state index contributed by atoms with van der Waals surface area (Å²) in [5.74, 6) is 0.265. The Morgan fingerprint density at radius 3 is 2.56 bits per heavy atom. The van der Waals surface area contributed by atoms with Crippen LogP contribution in [0.25, 0.3) is 0 Å². The van der Waals surface area contributed by atoms with Gasteiger partial charge in [-0.1, -0.05) is 6.07 Å². The zero-order valence-corrected chi connectivity index (χ0v) is 13.9. The molecule has 130 valence electrons. The predicted octanol–water partition coefficient (Wildman–Crippen LogP) is 2.51. The van der Waals surface area contributed by atoms with Crippen molar-refractivity contribution in [3.8, 4) is 17.2 Å². The molecule has 5 nitrogen and oxygen atoms in total. The molecule has 3 N–H and O–H groups in total. The van der Waals surface area contributed by atoms with Crippen molar-refractivity contribution in [1.82, 2.24) is 0 Å². The van der Waals surface area contributed by atoms with Gasteiger partial charge in [-0.2, -0.15) is 0 Å². The van der Waals surface area contributed by atoms with Crippen LogP contribution in [0, 0.1) is 0 Å². The molecule has 0 bridgehead atoms. The van der Waals surface area contributed by atoms with Crippen LogP contribution in [-0.4, -0.2) is 40.6 Å². The van der Waals surface area contributed by atoms with E-state index in [4.69, 9.17) is 4.74 Å². The van der Waals surface area contributed by atoms with Crippen LogP contribution in [0.3, 0.4) is 0 Å². The highest BCUT2D eigenvalue weighted by molar-refractivity contribution is 5.62. The van der Waals surface area contributed by atoms with Crippen molar-refractivity contribution in [2.45, 2.75) is 30.8 Å². The fourth-order valence-corrected chi connectivity index (χ4v) is 4.63. The molecule has 0 radical (unpaired) electrons. The van der Waals surface area contributed by atoms with Gasteiger partial charge in [-0.15, -0.1) is 0 Å². The van der Waals surface area contributed by atoms with Gasteiger partial charge in [-0.05, 0) is 42.2 Å². The monoisotopic (exact) mass is 339 g/mol. The Morgan fingerprint density at radius 2 is 1.76 bits per heavy atom. The highest BCUT2D eigenvalue weighted by atomic mass is 16.5. The molecule has 1 aliphatic carbocycles. The highest BCUT2D eigenvalue weighted by Crippen LogP contribution is 2.53. The second-order valence-electron chi connectivity index (χ2n) is 7.46. The van der Waals surface area contributed by atoms with E-state index in [2.05, 4.69) is 17.0 Å². The number of fused-ring (bicyclic) bond motifs is 5. The van der Waals surface area contributed by atoms with E-state index in [0.717, 1.165) is 41.2 Å². The van der Waals surface area contributed by atoms with Crippen molar-refractivity contribution in [3.05, 3.63) is 47.0 Å². The largest absolute Gasteiger partial charge is 0.504 e. The summed E-state index contributed by atoms with van der Waals surface area (Å²) in [6.45, 7) is 2.36. The second kappa shape index (κ2) is 5.05. The van der Waals surface area contributed by atoms with E-state index in [1.165, 1.54) is 12.8 Å². The average molecular weight is 339 g/mol. The Hall–Kier alpha value is -2.40. The van der Waals surface area contributed by atoms with Gasteiger partial charge in [0.1, 0.15) is 18.0 Å². The first-order valence-corrected chi connectivity index (χ1v) is 8.84. The Kier molecular flexibility index (Phi) is 3.01. The zero-order valence-electron chi connectivity index (χ0n) is 13.9. The molecular weight excluding hydrogens is 318 g/mol. The fourth-order valence-electron chi connectivity index (χ4n) is 4.63. The topological polar surface area (TPSA) is 73.2 Å². The third-order valence-electron chi connectivity index (χ3n) is 5.84. The normalized spacial score (nSPS) is 26.8. The van der Waals surface area contributed by atoms with Gasteiger partial charge in [0.2, 0.25) is 0 Å². The third kappa shape index (κ3) is 2.12. The van der Waals surface area contributed by atoms with Gasteiger partial charge in [-0.25, -0.2) is 0 Å². The van der Waals surface area contributed by atoms with Crippen LogP contribution in [0.15, 0.2) is 30.3 Å². The summed E-state index contributed by atoms with van der Waals surface area (Å²) in [5.41, 5.74) is 2.80. The highest BCUT2D eigenvalue weighted by Gasteiger charge is 2.50. The minimum Gasteiger partial charge on any atom is -0.504 e. The van der Waals surface area contributed by atoms with Crippen LogP contribution < -0.4 is 9.64 Å². The van der Waals surface area contributed by atoms with E-state index in [1.54, 1.807) is 12.1 Å². The lowest BCUT2D eigenvalue weighted by Crippen LogP contribution is -2.43. The maximum atomic E-state index is 11.1. The summed E-state index contributed by atoms with van der Waals surface area (Å²) in [6, 6.07) is 9.34. The molecule has 3 aliphatic rings. The molecule has 2 aromatic rings. The molecule has 0 spiro atoms. The van der Waals surface area contributed by atoms with Gasteiger partial charge in [0.25, 0.3) is 0 Å². The number of aromatic hydroxyl groups is 2. The molecule has 0 aromatic heterocycles. The number of hydrogen-bond donors (Lipinski definition) is 3. The second-order valence-corrected chi connectivity index (χ2v) is 7.46. The standard InChI is InChI=1S/C20H21NO4/c22-16-7-12-10-20(24)11-25-18-8-13(21-5-1-2-6-21)3-4-14(18)19(20)15(12)9-17(16)23/h3-4,7-9,19,22-24H,1-2,5-6,10-11H2/t19-,20+/m0/s1. The lowest BCUT2D eigenvalue weighted by molar-refractivity contribution is -0.0217. The molecule has 25 heavy (non-hydrogen) atoms. The number of anilines is 1. The number of phenolic OH excluding ortho intramolecular Hbond substituents is 2. The van der Waals surface area contributed by atoms with Crippen molar-refractivity contribution in [2.24, 2.45) is 0 Å². The molecule has 0 unspecified atom stereocenters. The molecule has 0 saturated carbocycles. The quantitative estimate of drug-likeness (QED) is 0.696. The molecule has 2 atom stereocenters. The first kappa shape index (κ1) is 14.9. The molecule has 5 rings (SSSR count). The van der Waals surface area contributed by atoms with E-state index >= 15 is 0 Å². The van der Waals surface area contributed by atoms with Gasteiger partial charge < -0.3 is 25.0 Å². The lowest BCUT2D eigenvalue weighted by Gasteiger charge is -2.37. The number of ether oxygens (including phenoxy) is 1. The number of nitrogens with zero attached hydrogens (tertiary/aromatic N) is 1. The maximum Gasteiger partial charge on any atom is 0.157 e. The first-order chi connectivity index (χ1) is 12.0. The summed E-state index contributed by atoms with van der Waals surface area (Å²) >= 11 is 0. The zero-order chi connectivity index (χ0) is 17.2. The Labute approximate surface area is 146 Å². The Bertz CT molecular complexity index is 859. The SMILES string of the molecule is Oc1cc2c(cc1O)[C@@H]1c3ccc(N4CCCC4)cc3OC[C@]1(O)C2. The average Bonchev–Trinajstić information content (AvgIpc) is 3.21. The minimum atomic E-state index is -1.04. The molecule has 2 heterocycles. The molecule has 0 amide bonds. The van der Waals surface area contributed by atoms with Gasteiger partial charge in [0.15, 0.2) is 11.5 Å². The van der Waals surface area contributed by atoms with Crippen LogP contribution in [0.4, 0.5) is 5.69 Å². The first-order valence-electron chi connectivity index (χ1n) is 8.84.